The minimum atomic E-state index is 0.648. The van der Waals surface area contributed by atoms with Gasteiger partial charge in [-0.1, -0.05) is 0 Å². The zero-order chi connectivity index (χ0) is 12.3. The first kappa shape index (κ1) is 12.0. The van der Waals surface area contributed by atoms with E-state index in [2.05, 4.69) is 28.9 Å². The molecule has 0 radical (unpaired) electrons. The van der Waals surface area contributed by atoms with Crippen molar-refractivity contribution >= 4 is 12.1 Å². The topological polar surface area (TPSA) is 36.4 Å². The molecule has 1 aliphatic rings. The van der Waals surface area contributed by atoms with Gasteiger partial charge in [-0.3, -0.25) is 4.79 Å². The van der Waals surface area contributed by atoms with Gasteiger partial charge in [0.05, 0.1) is 5.56 Å². The summed E-state index contributed by atoms with van der Waals surface area (Å²) in [6.07, 6.45) is 4.89. The Hall–Kier alpha value is -1.42. The van der Waals surface area contributed by atoms with Crippen LogP contribution in [0.5, 0.6) is 0 Å². The Morgan fingerprint density at radius 1 is 1.41 bits per heavy atom. The smallest absolute Gasteiger partial charge is 0.153 e. The summed E-state index contributed by atoms with van der Waals surface area (Å²) in [6, 6.07) is 4.28. The van der Waals surface area contributed by atoms with Gasteiger partial charge in [0.15, 0.2) is 6.29 Å². The highest BCUT2D eigenvalue weighted by Crippen LogP contribution is 2.21. The molecule has 1 aromatic rings. The second kappa shape index (κ2) is 5.27. The zero-order valence-corrected chi connectivity index (χ0v) is 10.5. The van der Waals surface area contributed by atoms with E-state index in [0.29, 0.717) is 11.6 Å². The SMILES string of the molecule is CN(C)C1CCN(c2ncccc2C=O)CC1. The van der Waals surface area contributed by atoms with E-state index < -0.39 is 0 Å². The van der Waals surface area contributed by atoms with Gasteiger partial charge in [0, 0.05) is 25.3 Å². The summed E-state index contributed by atoms with van der Waals surface area (Å²) in [4.78, 5) is 19.8. The van der Waals surface area contributed by atoms with E-state index in [-0.39, 0.29) is 0 Å². The summed E-state index contributed by atoms with van der Waals surface area (Å²) < 4.78 is 0. The van der Waals surface area contributed by atoms with Crippen LogP contribution in [0.15, 0.2) is 18.3 Å². The van der Waals surface area contributed by atoms with E-state index in [1.807, 2.05) is 6.07 Å². The highest BCUT2D eigenvalue weighted by molar-refractivity contribution is 5.82. The van der Waals surface area contributed by atoms with E-state index in [1.165, 1.54) is 0 Å². The molecule has 0 aromatic carbocycles. The lowest BCUT2D eigenvalue weighted by Gasteiger charge is -2.36. The summed E-state index contributed by atoms with van der Waals surface area (Å²) >= 11 is 0. The molecule has 0 saturated carbocycles. The second-order valence-corrected chi connectivity index (χ2v) is 4.72. The Morgan fingerprint density at radius 2 is 2.12 bits per heavy atom. The molecule has 1 fully saturated rings. The van der Waals surface area contributed by atoms with E-state index in [9.17, 15) is 4.79 Å². The molecule has 4 nitrogen and oxygen atoms in total. The summed E-state index contributed by atoms with van der Waals surface area (Å²) in [7, 11) is 4.25. The lowest BCUT2D eigenvalue weighted by molar-refractivity contribution is 0.112. The Bertz CT molecular complexity index is 384. The quantitative estimate of drug-likeness (QED) is 0.740. The first-order valence-corrected chi connectivity index (χ1v) is 6.04. The van der Waals surface area contributed by atoms with Crippen LogP contribution in [-0.2, 0) is 0 Å². The van der Waals surface area contributed by atoms with Gasteiger partial charge < -0.3 is 9.80 Å². The molecular formula is C13H19N3O. The van der Waals surface area contributed by atoms with Gasteiger partial charge in [-0.15, -0.1) is 0 Å². The van der Waals surface area contributed by atoms with Gasteiger partial charge >= 0.3 is 0 Å². The van der Waals surface area contributed by atoms with Gasteiger partial charge in [0.2, 0.25) is 0 Å². The first-order chi connectivity index (χ1) is 8.22. The van der Waals surface area contributed by atoms with Crippen molar-refractivity contribution in [2.24, 2.45) is 0 Å². The lowest BCUT2D eigenvalue weighted by atomic mass is 10.0. The van der Waals surface area contributed by atoms with Crippen LogP contribution in [0, 0.1) is 0 Å². The molecule has 1 aromatic heterocycles. The van der Waals surface area contributed by atoms with Crippen LogP contribution in [0.1, 0.15) is 23.2 Å². The minimum absolute atomic E-state index is 0.648. The number of rotatable bonds is 3. The van der Waals surface area contributed by atoms with Crippen molar-refractivity contribution in [2.45, 2.75) is 18.9 Å². The molecule has 1 aliphatic heterocycles. The molecule has 0 aliphatic carbocycles. The number of nitrogens with zero attached hydrogens (tertiary/aromatic N) is 3. The maximum Gasteiger partial charge on any atom is 0.153 e. The number of carbonyl (C=O) groups excluding carboxylic acids is 1. The molecule has 0 N–H and O–H groups in total. The molecule has 17 heavy (non-hydrogen) atoms. The first-order valence-electron chi connectivity index (χ1n) is 6.04. The van der Waals surface area contributed by atoms with Crippen LogP contribution in [0.3, 0.4) is 0 Å². The van der Waals surface area contributed by atoms with Gasteiger partial charge in [-0.2, -0.15) is 0 Å². The summed E-state index contributed by atoms with van der Waals surface area (Å²) in [5, 5.41) is 0. The number of carbonyl (C=O) groups is 1. The molecule has 0 atom stereocenters. The van der Waals surface area contributed by atoms with Gasteiger partial charge in [0.25, 0.3) is 0 Å². The van der Waals surface area contributed by atoms with Crippen molar-refractivity contribution in [3.05, 3.63) is 23.9 Å². The minimum Gasteiger partial charge on any atom is -0.356 e. The number of pyridine rings is 1. The van der Waals surface area contributed by atoms with Crippen LogP contribution >= 0.6 is 0 Å². The molecule has 4 heteroatoms. The number of aldehydes is 1. The van der Waals surface area contributed by atoms with Crippen molar-refractivity contribution in [1.29, 1.82) is 0 Å². The average Bonchev–Trinajstić information content (AvgIpc) is 2.39. The number of hydrogen-bond acceptors (Lipinski definition) is 4. The Kier molecular flexibility index (Phi) is 3.74. The molecule has 0 unspecified atom stereocenters. The van der Waals surface area contributed by atoms with Crippen LogP contribution in [0.2, 0.25) is 0 Å². The molecule has 2 heterocycles. The third-order valence-electron chi connectivity index (χ3n) is 3.44. The fourth-order valence-corrected chi connectivity index (χ4v) is 2.36. The molecule has 92 valence electrons. The van der Waals surface area contributed by atoms with E-state index in [1.54, 1.807) is 12.3 Å². The average molecular weight is 233 g/mol. The van der Waals surface area contributed by atoms with E-state index in [0.717, 1.165) is 38.0 Å². The van der Waals surface area contributed by atoms with Gasteiger partial charge in [-0.25, -0.2) is 4.98 Å². The molecule has 2 rings (SSSR count). The second-order valence-electron chi connectivity index (χ2n) is 4.72. The third kappa shape index (κ3) is 2.64. The van der Waals surface area contributed by atoms with Gasteiger partial charge in [0.1, 0.15) is 5.82 Å². The molecule has 0 spiro atoms. The predicted molar refractivity (Wildman–Crippen MR) is 68.5 cm³/mol. The van der Waals surface area contributed by atoms with Crippen molar-refractivity contribution in [3.8, 4) is 0 Å². The Labute approximate surface area is 102 Å². The molecule has 0 amide bonds. The maximum atomic E-state index is 11.0. The number of piperidine rings is 1. The van der Waals surface area contributed by atoms with Crippen molar-refractivity contribution in [2.75, 3.05) is 32.1 Å². The highest BCUT2D eigenvalue weighted by atomic mass is 16.1. The molecule has 0 bridgehead atoms. The molecule has 1 saturated heterocycles. The van der Waals surface area contributed by atoms with Crippen LogP contribution < -0.4 is 4.90 Å². The highest BCUT2D eigenvalue weighted by Gasteiger charge is 2.22. The van der Waals surface area contributed by atoms with Gasteiger partial charge in [-0.05, 0) is 39.1 Å². The lowest BCUT2D eigenvalue weighted by Crippen LogP contribution is -2.42. The molecular weight excluding hydrogens is 214 g/mol. The Morgan fingerprint density at radius 3 is 2.71 bits per heavy atom. The van der Waals surface area contributed by atoms with Crippen molar-refractivity contribution < 1.29 is 4.79 Å². The van der Waals surface area contributed by atoms with E-state index >= 15 is 0 Å². The number of hydrogen-bond donors (Lipinski definition) is 0. The van der Waals surface area contributed by atoms with Crippen molar-refractivity contribution in [1.82, 2.24) is 9.88 Å². The zero-order valence-electron chi connectivity index (χ0n) is 10.5. The standard InChI is InChI=1S/C13H19N3O/c1-15(2)12-5-8-16(9-6-12)13-11(10-17)4-3-7-14-13/h3-4,7,10,12H,5-6,8-9H2,1-2H3. The predicted octanol–water partition coefficient (Wildman–Crippen LogP) is 1.42. The number of aromatic nitrogens is 1. The monoisotopic (exact) mass is 233 g/mol. The van der Waals surface area contributed by atoms with Crippen molar-refractivity contribution in [3.63, 3.8) is 0 Å². The summed E-state index contributed by atoms with van der Waals surface area (Å²) in [5.74, 6) is 0.833. The Balaban J connectivity index is 2.07. The van der Waals surface area contributed by atoms with Crippen LogP contribution in [-0.4, -0.2) is 49.4 Å². The maximum absolute atomic E-state index is 11.0. The summed E-state index contributed by atoms with van der Waals surface area (Å²) in [6.45, 7) is 1.95. The third-order valence-corrected chi connectivity index (χ3v) is 3.44. The number of anilines is 1. The van der Waals surface area contributed by atoms with E-state index in [4.69, 9.17) is 0 Å². The van der Waals surface area contributed by atoms with Crippen LogP contribution in [0.25, 0.3) is 0 Å². The normalized spacial score (nSPS) is 17.5. The fourth-order valence-electron chi connectivity index (χ4n) is 2.36. The summed E-state index contributed by atoms with van der Waals surface area (Å²) in [5.41, 5.74) is 0.691. The largest absolute Gasteiger partial charge is 0.356 e. The fraction of sp³-hybridized carbons (Fsp3) is 0.538. The van der Waals surface area contributed by atoms with Crippen LogP contribution in [0.4, 0.5) is 5.82 Å².